The Bertz CT molecular complexity index is 325. The second kappa shape index (κ2) is 3.97. The van der Waals surface area contributed by atoms with Gasteiger partial charge < -0.3 is 10.4 Å². The predicted octanol–water partition coefficient (Wildman–Crippen LogP) is 2.78. The first kappa shape index (κ1) is 10.1. The Morgan fingerprint density at radius 2 is 1.93 bits per heavy atom. The Labute approximate surface area is 92.8 Å². The lowest BCUT2D eigenvalue weighted by atomic mass is 9.98. The first-order chi connectivity index (χ1) is 6.68. The fraction of sp³-hybridized carbons (Fsp3) is 0.400. The van der Waals surface area contributed by atoms with Crippen LogP contribution >= 0.6 is 23.2 Å². The smallest absolute Gasteiger partial charge is 0.118 e. The highest BCUT2D eigenvalue weighted by molar-refractivity contribution is 6.36. The van der Waals surface area contributed by atoms with E-state index >= 15 is 0 Å². The van der Waals surface area contributed by atoms with E-state index in [2.05, 4.69) is 5.32 Å². The molecule has 1 heterocycles. The van der Waals surface area contributed by atoms with Gasteiger partial charge in [0.25, 0.3) is 0 Å². The van der Waals surface area contributed by atoms with Crippen LogP contribution in [0.5, 0.6) is 5.75 Å². The highest BCUT2D eigenvalue weighted by Gasteiger charge is 2.22. The van der Waals surface area contributed by atoms with Crippen LogP contribution in [0.4, 0.5) is 0 Å². The maximum absolute atomic E-state index is 9.28. The molecule has 14 heavy (non-hydrogen) atoms. The van der Waals surface area contributed by atoms with Crippen LogP contribution in [0.3, 0.4) is 0 Å². The SMILES string of the molecule is Oc1cc(Cl)c(C2CCNC2)c(Cl)c1. The summed E-state index contributed by atoms with van der Waals surface area (Å²) in [5.74, 6) is 0.491. The van der Waals surface area contributed by atoms with Gasteiger partial charge in [-0.1, -0.05) is 23.2 Å². The molecule has 1 fully saturated rings. The van der Waals surface area contributed by atoms with Crippen LogP contribution in [0.2, 0.25) is 10.0 Å². The minimum atomic E-state index is 0.120. The van der Waals surface area contributed by atoms with Gasteiger partial charge in [0.05, 0.1) is 0 Å². The highest BCUT2D eigenvalue weighted by atomic mass is 35.5. The molecule has 1 aromatic rings. The molecule has 1 aromatic carbocycles. The van der Waals surface area contributed by atoms with Crippen molar-refractivity contribution in [2.24, 2.45) is 0 Å². The molecule has 0 aliphatic carbocycles. The van der Waals surface area contributed by atoms with Gasteiger partial charge >= 0.3 is 0 Å². The second-order valence-corrected chi connectivity index (χ2v) is 4.33. The number of nitrogens with one attached hydrogen (secondary N) is 1. The predicted molar refractivity (Wildman–Crippen MR) is 58.4 cm³/mol. The number of benzene rings is 1. The number of phenolic OH excluding ortho intramolecular Hbond substituents is 1. The van der Waals surface area contributed by atoms with Crippen LogP contribution in [0.15, 0.2) is 12.1 Å². The molecular weight excluding hydrogens is 221 g/mol. The van der Waals surface area contributed by atoms with Gasteiger partial charge in [-0.3, -0.25) is 0 Å². The Morgan fingerprint density at radius 3 is 2.43 bits per heavy atom. The van der Waals surface area contributed by atoms with Gasteiger partial charge in [-0.25, -0.2) is 0 Å². The van der Waals surface area contributed by atoms with E-state index in [-0.39, 0.29) is 5.75 Å². The summed E-state index contributed by atoms with van der Waals surface area (Å²) in [5.41, 5.74) is 0.955. The number of phenols is 1. The number of halogens is 2. The molecular formula is C10H11Cl2NO. The summed E-state index contributed by atoms with van der Waals surface area (Å²) in [5, 5.41) is 13.7. The summed E-state index contributed by atoms with van der Waals surface area (Å²) in [6.45, 7) is 1.91. The maximum Gasteiger partial charge on any atom is 0.118 e. The maximum atomic E-state index is 9.28. The number of hydrogen-bond acceptors (Lipinski definition) is 2. The number of aromatic hydroxyl groups is 1. The van der Waals surface area contributed by atoms with Crippen LogP contribution in [0.25, 0.3) is 0 Å². The van der Waals surface area contributed by atoms with E-state index in [1.807, 2.05) is 0 Å². The molecule has 0 radical (unpaired) electrons. The molecule has 1 aliphatic rings. The minimum absolute atomic E-state index is 0.120. The third-order valence-electron chi connectivity index (χ3n) is 2.53. The Kier molecular flexibility index (Phi) is 2.86. The van der Waals surface area contributed by atoms with Crippen molar-refractivity contribution in [3.8, 4) is 5.75 Å². The molecule has 76 valence electrons. The van der Waals surface area contributed by atoms with Crippen molar-refractivity contribution in [3.05, 3.63) is 27.7 Å². The van der Waals surface area contributed by atoms with Gasteiger partial charge in [-0.15, -0.1) is 0 Å². The molecule has 0 saturated carbocycles. The standard InChI is InChI=1S/C10H11Cl2NO/c11-8-3-7(14)4-9(12)10(8)6-1-2-13-5-6/h3-4,6,13-14H,1-2,5H2. The molecule has 4 heteroatoms. The Hall–Kier alpha value is -0.440. The Morgan fingerprint density at radius 1 is 1.29 bits per heavy atom. The molecule has 1 atom stereocenters. The van der Waals surface area contributed by atoms with Gasteiger partial charge in [0.1, 0.15) is 5.75 Å². The first-order valence-corrected chi connectivity index (χ1v) is 5.32. The average Bonchev–Trinajstić information content (AvgIpc) is 2.54. The van der Waals surface area contributed by atoms with Crippen LogP contribution in [-0.4, -0.2) is 18.2 Å². The third kappa shape index (κ3) is 1.83. The molecule has 2 N–H and O–H groups in total. The third-order valence-corrected chi connectivity index (χ3v) is 3.16. The molecule has 0 spiro atoms. The van der Waals surface area contributed by atoms with Crippen molar-refractivity contribution >= 4 is 23.2 Å². The summed E-state index contributed by atoms with van der Waals surface area (Å²) in [4.78, 5) is 0. The van der Waals surface area contributed by atoms with Crippen molar-refractivity contribution in [2.75, 3.05) is 13.1 Å². The molecule has 2 rings (SSSR count). The van der Waals surface area contributed by atoms with Crippen molar-refractivity contribution in [1.82, 2.24) is 5.32 Å². The van der Waals surface area contributed by atoms with Crippen LogP contribution in [-0.2, 0) is 0 Å². The van der Waals surface area contributed by atoms with E-state index in [9.17, 15) is 5.11 Å². The monoisotopic (exact) mass is 231 g/mol. The largest absolute Gasteiger partial charge is 0.508 e. The topological polar surface area (TPSA) is 32.3 Å². The summed E-state index contributed by atoms with van der Waals surface area (Å²) < 4.78 is 0. The van der Waals surface area contributed by atoms with Crippen LogP contribution in [0.1, 0.15) is 17.9 Å². The Balaban J connectivity index is 2.40. The van der Waals surface area contributed by atoms with E-state index in [4.69, 9.17) is 23.2 Å². The molecule has 1 saturated heterocycles. The molecule has 0 bridgehead atoms. The average molecular weight is 232 g/mol. The van der Waals surface area contributed by atoms with E-state index in [1.54, 1.807) is 12.1 Å². The fourth-order valence-corrected chi connectivity index (χ4v) is 2.65. The van der Waals surface area contributed by atoms with Gasteiger partial charge in [-0.05, 0) is 30.7 Å². The highest BCUT2D eigenvalue weighted by Crippen LogP contribution is 2.37. The number of hydrogen-bond donors (Lipinski definition) is 2. The molecule has 0 aromatic heterocycles. The summed E-state index contributed by atoms with van der Waals surface area (Å²) in [6.07, 6.45) is 1.05. The minimum Gasteiger partial charge on any atom is -0.508 e. The number of rotatable bonds is 1. The van der Waals surface area contributed by atoms with Crippen molar-refractivity contribution in [2.45, 2.75) is 12.3 Å². The molecule has 1 aliphatic heterocycles. The molecule has 2 nitrogen and oxygen atoms in total. The van der Waals surface area contributed by atoms with Crippen molar-refractivity contribution in [3.63, 3.8) is 0 Å². The molecule has 1 unspecified atom stereocenters. The van der Waals surface area contributed by atoms with Gasteiger partial charge in [0.2, 0.25) is 0 Å². The van der Waals surface area contributed by atoms with Gasteiger partial charge in [0, 0.05) is 22.5 Å². The van der Waals surface area contributed by atoms with Gasteiger partial charge in [0.15, 0.2) is 0 Å². The van der Waals surface area contributed by atoms with E-state index in [0.717, 1.165) is 25.1 Å². The van der Waals surface area contributed by atoms with Crippen molar-refractivity contribution in [1.29, 1.82) is 0 Å². The zero-order valence-electron chi connectivity index (χ0n) is 7.56. The summed E-state index contributed by atoms with van der Waals surface area (Å²) in [6, 6.07) is 3.09. The van der Waals surface area contributed by atoms with Crippen molar-refractivity contribution < 1.29 is 5.11 Å². The first-order valence-electron chi connectivity index (χ1n) is 4.57. The second-order valence-electron chi connectivity index (χ2n) is 3.51. The van der Waals surface area contributed by atoms with Crippen LogP contribution in [0, 0.1) is 0 Å². The zero-order chi connectivity index (χ0) is 10.1. The van der Waals surface area contributed by atoms with Gasteiger partial charge in [-0.2, -0.15) is 0 Å². The quantitative estimate of drug-likeness (QED) is 0.780. The zero-order valence-corrected chi connectivity index (χ0v) is 9.07. The lowest BCUT2D eigenvalue weighted by molar-refractivity contribution is 0.475. The fourth-order valence-electron chi connectivity index (χ4n) is 1.86. The lowest BCUT2D eigenvalue weighted by Gasteiger charge is -2.13. The van der Waals surface area contributed by atoms with E-state index < -0.39 is 0 Å². The lowest BCUT2D eigenvalue weighted by Crippen LogP contribution is -2.08. The summed E-state index contributed by atoms with van der Waals surface area (Å²) >= 11 is 12.1. The molecule has 0 amide bonds. The van der Waals surface area contributed by atoms with E-state index in [1.165, 1.54) is 0 Å². The van der Waals surface area contributed by atoms with E-state index in [0.29, 0.717) is 16.0 Å². The summed E-state index contributed by atoms with van der Waals surface area (Å²) in [7, 11) is 0. The van der Waals surface area contributed by atoms with Crippen LogP contribution < -0.4 is 5.32 Å². The normalized spacial score (nSPS) is 21.4.